The van der Waals surface area contributed by atoms with E-state index in [2.05, 4.69) is 96.8 Å². The van der Waals surface area contributed by atoms with E-state index in [9.17, 15) is 0 Å². The van der Waals surface area contributed by atoms with E-state index in [0.717, 1.165) is 25.9 Å². The molecule has 0 bridgehead atoms. The SMILES string of the molecule is CCCCCCCCCCCCCCCCC[n+]1cc(CC(C)c2ccccc2)n(CCCCCCC)c1Cc1ccccc1. The Balaban J connectivity index is 1.54. The molecule has 0 aliphatic rings. The van der Waals surface area contributed by atoms with Gasteiger partial charge in [-0.05, 0) is 42.7 Å². The summed E-state index contributed by atoms with van der Waals surface area (Å²) in [5, 5.41) is 0. The summed E-state index contributed by atoms with van der Waals surface area (Å²) in [4.78, 5) is 0. The maximum Gasteiger partial charge on any atom is 0.261 e. The highest BCUT2D eigenvalue weighted by Gasteiger charge is 2.25. The first-order valence-electron chi connectivity index (χ1n) is 19.4. The van der Waals surface area contributed by atoms with Crippen LogP contribution in [-0.2, 0) is 25.9 Å². The lowest BCUT2D eigenvalue weighted by atomic mass is 9.96. The summed E-state index contributed by atoms with van der Waals surface area (Å²) in [6, 6.07) is 22.3. The fourth-order valence-corrected chi connectivity index (χ4v) is 6.99. The molecule has 3 aromatic rings. The zero-order valence-corrected chi connectivity index (χ0v) is 29.8. The van der Waals surface area contributed by atoms with Gasteiger partial charge < -0.3 is 0 Å². The molecule has 2 aromatic carbocycles. The standard InChI is InChI=1S/C43H69N2/c1-4-6-8-10-11-12-13-14-15-16-17-18-19-21-28-34-44-38-42(36-39(3)41-32-26-23-27-33-41)45(35-29-20-9-7-5-2)43(44)37-40-30-24-22-25-31-40/h22-27,30-33,38-39H,4-21,28-29,34-37H2,1-3H3/q+1. The third-order valence-corrected chi connectivity index (χ3v) is 9.87. The first-order chi connectivity index (χ1) is 22.2. The van der Waals surface area contributed by atoms with Crippen molar-refractivity contribution in [2.45, 2.75) is 181 Å². The summed E-state index contributed by atoms with van der Waals surface area (Å²) in [5.74, 6) is 2.03. The lowest BCUT2D eigenvalue weighted by Gasteiger charge is -2.12. The van der Waals surface area contributed by atoms with Crippen LogP contribution < -0.4 is 4.57 Å². The molecule has 0 spiro atoms. The number of hydrogen-bond donors (Lipinski definition) is 0. The summed E-state index contributed by atoms with van der Waals surface area (Å²) in [6.07, 6.45) is 32.6. The van der Waals surface area contributed by atoms with Crippen molar-refractivity contribution in [2.75, 3.05) is 0 Å². The van der Waals surface area contributed by atoms with Crippen LogP contribution in [0.3, 0.4) is 0 Å². The highest BCUT2D eigenvalue weighted by atomic mass is 15.2. The molecule has 0 saturated heterocycles. The second-order valence-corrected chi connectivity index (χ2v) is 13.9. The molecule has 3 rings (SSSR count). The number of rotatable bonds is 27. The molecule has 250 valence electrons. The monoisotopic (exact) mass is 614 g/mol. The molecule has 1 heterocycles. The lowest BCUT2D eigenvalue weighted by molar-refractivity contribution is -0.704. The fraction of sp³-hybridized carbons (Fsp3) is 0.651. The van der Waals surface area contributed by atoms with Gasteiger partial charge >= 0.3 is 0 Å². The summed E-state index contributed by atoms with van der Waals surface area (Å²) in [6.45, 7) is 9.32. The number of unbranched alkanes of at least 4 members (excludes halogenated alkanes) is 18. The van der Waals surface area contributed by atoms with Crippen molar-refractivity contribution in [3.8, 4) is 0 Å². The van der Waals surface area contributed by atoms with Gasteiger partial charge in [-0.1, -0.05) is 184 Å². The minimum absolute atomic E-state index is 0.517. The molecule has 2 heteroatoms. The van der Waals surface area contributed by atoms with Crippen LogP contribution in [0, 0.1) is 0 Å². The van der Waals surface area contributed by atoms with Crippen LogP contribution in [-0.4, -0.2) is 4.57 Å². The van der Waals surface area contributed by atoms with Crippen molar-refractivity contribution in [1.82, 2.24) is 4.57 Å². The van der Waals surface area contributed by atoms with Crippen LogP contribution in [0.15, 0.2) is 66.9 Å². The second-order valence-electron chi connectivity index (χ2n) is 13.9. The minimum Gasteiger partial charge on any atom is -0.234 e. The molecule has 2 nitrogen and oxygen atoms in total. The Bertz CT molecular complexity index is 1100. The van der Waals surface area contributed by atoms with Crippen molar-refractivity contribution < 1.29 is 4.57 Å². The highest BCUT2D eigenvalue weighted by molar-refractivity contribution is 5.22. The van der Waals surface area contributed by atoms with E-state index < -0.39 is 0 Å². The van der Waals surface area contributed by atoms with E-state index in [4.69, 9.17) is 0 Å². The Kier molecular flexibility index (Phi) is 19.7. The van der Waals surface area contributed by atoms with Crippen LogP contribution in [0.5, 0.6) is 0 Å². The molecular formula is C43H69N2+. The normalized spacial score (nSPS) is 12.2. The molecule has 0 saturated carbocycles. The Hall–Kier alpha value is -2.35. The molecule has 0 fully saturated rings. The Morgan fingerprint density at radius 3 is 1.56 bits per heavy atom. The van der Waals surface area contributed by atoms with E-state index in [1.54, 1.807) is 0 Å². The van der Waals surface area contributed by atoms with Gasteiger partial charge in [0.2, 0.25) is 0 Å². The number of aryl methyl sites for hydroxylation is 1. The van der Waals surface area contributed by atoms with Crippen molar-refractivity contribution in [2.24, 2.45) is 0 Å². The average molecular weight is 614 g/mol. The molecule has 0 aliphatic carbocycles. The summed E-state index contributed by atoms with van der Waals surface area (Å²) in [5.41, 5.74) is 4.40. The number of aromatic nitrogens is 2. The molecule has 1 unspecified atom stereocenters. The smallest absolute Gasteiger partial charge is 0.234 e. The molecule has 0 radical (unpaired) electrons. The van der Waals surface area contributed by atoms with E-state index in [1.165, 1.54) is 151 Å². The molecule has 0 N–H and O–H groups in total. The Labute approximate surface area is 279 Å². The van der Waals surface area contributed by atoms with Gasteiger partial charge in [-0.3, -0.25) is 0 Å². The maximum absolute atomic E-state index is 2.73. The van der Waals surface area contributed by atoms with Gasteiger partial charge in [0.05, 0.1) is 19.5 Å². The van der Waals surface area contributed by atoms with E-state index >= 15 is 0 Å². The van der Waals surface area contributed by atoms with Gasteiger partial charge in [-0.2, -0.15) is 0 Å². The van der Waals surface area contributed by atoms with Gasteiger partial charge in [0, 0.05) is 6.42 Å². The van der Waals surface area contributed by atoms with Crippen LogP contribution in [0.25, 0.3) is 0 Å². The number of nitrogens with zero attached hydrogens (tertiary/aromatic N) is 2. The van der Waals surface area contributed by atoms with Crippen molar-refractivity contribution in [3.63, 3.8) is 0 Å². The van der Waals surface area contributed by atoms with Gasteiger partial charge in [-0.15, -0.1) is 0 Å². The average Bonchev–Trinajstić information content (AvgIpc) is 3.38. The predicted octanol–water partition coefficient (Wildman–Crippen LogP) is 12.6. The molecule has 1 atom stereocenters. The number of hydrogen-bond acceptors (Lipinski definition) is 0. The van der Waals surface area contributed by atoms with E-state index in [0.29, 0.717) is 5.92 Å². The van der Waals surface area contributed by atoms with Crippen LogP contribution in [0.2, 0.25) is 0 Å². The lowest BCUT2D eigenvalue weighted by Crippen LogP contribution is -2.37. The Morgan fingerprint density at radius 2 is 1.02 bits per heavy atom. The molecule has 45 heavy (non-hydrogen) atoms. The molecule has 0 aliphatic heterocycles. The summed E-state index contributed by atoms with van der Waals surface area (Å²) >= 11 is 0. The first kappa shape index (κ1) is 37.1. The van der Waals surface area contributed by atoms with Crippen molar-refractivity contribution >= 4 is 0 Å². The van der Waals surface area contributed by atoms with E-state index in [1.807, 2.05) is 0 Å². The first-order valence-corrected chi connectivity index (χ1v) is 19.4. The van der Waals surface area contributed by atoms with Gasteiger partial charge in [0.15, 0.2) is 0 Å². The largest absolute Gasteiger partial charge is 0.261 e. The summed E-state index contributed by atoms with van der Waals surface area (Å²) in [7, 11) is 0. The van der Waals surface area contributed by atoms with Crippen LogP contribution in [0.1, 0.15) is 178 Å². The van der Waals surface area contributed by atoms with Crippen molar-refractivity contribution in [1.29, 1.82) is 0 Å². The van der Waals surface area contributed by atoms with Gasteiger partial charge in [-0.25, -0.2) is 9.13 Å². The minimum atomic E-state index is 0.517. The molecular weight excluding hydrogens is 544 g/mol. The number of imidazole rings is 1. The van der Waals surface area contributed by atoms with Gasteiger partial charge in [0.1, 0.15) is 11.9 Å². The maximum atomic E-state index is 2.73. The van der Waals surface area contributed by atoms with Crippen LogP contribution in [0.4, 0.5) is 0 Å². The topological polar surface area (TPSA) is 8.81 Å². The second kappa shape index (κ2) is 23.9. The molecule has 1 aromatic heterocycles. The van der Waals surface area contributed by atoms with E-state index in [-0.39, 0.29) is 0 Å². The zero-order chi connectivity index (χ0) is 31.8. The molecule has 0 amide bonds. The Morgan fingerprint density at radius 1 is 0.556 bits per heavy atom. The quantitative estimate of drug-likeness (QED) is 0.0597. The fourth-order valence-electron chi connectivity index (χ4n) is 6.99. The zero-order valence-electron chi connectivity index (χ0n) is 29.8. The predicted molar refractivity (Wildman–Crippen MR) is 196 cm³/mol. The summed E-state index contributed by atoms with van der Waals surface area (Å²) < 4.78 is 5.37. The van der Waals surface area contributed by atoms with Gasteiger partial charge in [0.25, 0.3) is 5.82 Å². The third kappa shape index (κ3) is 15.2. The van der Waals surface area contributed by atoms with Crippen LogP contribution >= 0.6 is 0 Å². The van der Waals surface area contributed by atoms with Crippen molar-refractivity contribution in [3.05, 3.63) is 89.5 Å². The third-order valence-electron chi connectivity index (χ3n) is 9.87. The number of benzene rings is 2. The highest BCUT2D eigenvalue weighted by Crippen LogP contribution is 2.23.